The molecule has 1 saturated carbocycles. The molecular formula is C24H26N2O5. The molecule has 7 nitrogen and oxygen atoms in total. The van der Waals surface area contributed by atoms with E-state index in [9.17, 15) is 14.4 Å². The summed E-state index contributed by atoms with van der Waals surface area (Å²) in [6, 6.07) is 14.8. The predicted molar refractivity (Wildman–Crippen MR) is 115 cm³/mol. The van der Waals surface area contributed by atoms with Crippen molar-refractivity contribution in [2.75, 3.05) is 13.2 Å². The molecule has 0 aliphatic heterocycles. The summed E-state index contributed by atoms with van der Waals surface area (Å²) < 4.78 is 5.44. The Morgan fingerprint density at radius 3 is 2.19 bits per heavy atom. The Bertz CT molecular complexity index is 969. The summed E-state index contributed by atoms with van der Waals surface area (Å²) in [5, 5.41) is 14.3. The molecule has 0 radical (unpaired) electrons. The number of fused-ring (bicyclic) bond motifs is 3. The van der Waals surface area contributed by atoms with Crippen LogP contribution in [0.1, 0.15) is 43.2 Å². The van der Waals surface area contributed by atoms with Gasteiger partial charge in [-0.2, -0.15) is 0 Å². The average Bonchev–Trinajstić information content (AvgIpc) is 3.40. The summed E-state index contributed by atoms with van der Waals surface area (Å²) in [6.07, 6.45) is 0.737. The van der Waals surface area contributed by atoms with Crippen LogP contribution in [0.25, 0.3) is 11.1 Å². The number of nitrogens with one attached hydrogen (secondary N) is 2. The Morgan fingerprint density at radius 2 is 1.65 bits per heavy atom. The van der Waals surface area contributed by atoms with Crippen LogP contribution in [-0.2, 0) is 14.3 Å². The molecule has 7 heteroatoms. The molecule has 0 spiro atoms. The van der Waals surface area contributed by atoms with Gasteiger partial charge in [-0.3, -0.25) is 9.59 Å². The molecule has 3 N–H and O–H groups in total. The minimum Gasteiger partial charge on any atom is -0.481 e. The minimum atomic E-state index is -1.18. The SMILES string of the molecule is CC1(CNC(=O)C(CC(=O)O)NC(=O)OCC2c3ccccc3-c3ccccc32)CC1. The lowest BCUT2D eigenvalue weighted by atomic mass is 9.98. The van der Waals surface area contributed by atoms with Gasteiger partial charge in [0, 0.05) is 12.5 Å². The van der Waals surface area contributed by atoms with Gasteiger partial charge in [-0.15, -0.1) is 0 Å². The number of alkyl carbamates (subject to hydrolysis) is 1. The van der Waals surface area contributed by atoms with Crippen LogP contribution in [0, 0.1) is 5.41 Å². The summed E-state index contributed by atoms with van der Waals surface area (Å²) in [7, 11) is 0. The lowest BCUT2D eigenvalue weighted by Crippen LogP contribution is -2.49. The largest absolute Gasteiger partial charge is 0.481 e. The van der Waals surface area contributed by atoms with Crippen molar-refractivity contribution in [1.29, 1.82) is 0 Å². The molecule has 0 bridgehead atoms. The summed E-state index contributed by atoms with van der Waals surface area (Å²) in [5.41, 5.74) is 4.46. The van der Waals surface area contributed by atoms with Gasteiger partial charge in [-0.1, -0.05) is 55.5 Å². The fourth-order valence-electron chi connectivity index (χ4n) is 3.98. The fourth-order valence-corrected chi connectivity index (χ4v) is 3.98. The van der Waals surface area contributed by atoms with Crippen molar-refractivity contribution in [3.8, 4) is 11.1 Å². The number of amides is 2. The van der Waals surface area contributed by atoms with Crippen LogP contribution in [0.4, 0.5) is 4.79 Å². The van der Waals surface area contributed by atoms with Crippen molar-refractivity contribution in [2.45, 2.75) is 38.1 Å². The van der Waals surface area contributed by atoms with Crippen molar-refractivity contribution >= 4 is 18.0 Å². The van der Waals surface area contributed by atoms with Crippen LogP contribution in [0.3, 0.4) is 0 Å². The van der Waals surface area contributed by atoms with Crippen molar-refractivity contribution in [1.82, 2.24) is 10.6 Å². The molecular weight excluding hydrogens is 396 g/mol. The third-order valence-electron chi connectivity index (χ3n) is 6.12. The smallest absolute Gasteiger partial charge is 0.407 e. The molecule has 1 fully saturated rings. The second-order valence-corrected chi connectivity index (χ2v) is 8.65. The molecule has 0 heterocycles. The van der Waals surface area contributed by atoms with E-state index in [0.29, 0.717) is 6.54 Å². The Hall–Kier alpha value is -3.35. The van der Waals surface area contributed by atoms with Crippen LogP contribution >= 0.6 is 0 Å². The number of hydrogen-bond acceptors (Lipinski definition) is 4. The number of carbonyl (C=O) groups is 3. The number of hydrogen-bond donors (Lipinski definition) is 3. The van der Waals surface area contributed by atoms with Crippen LogP contribution < -0.4 is 10.6 Å². The van der Waals surface area contributed by atoms with Crippen LogP contribution in [0.5, 0.6) is 0 Å². The normalized spacial score (nSPS) is 16.5. The quantitative estimate of drug-likeness (QED) is 0.606. The Kier molecular flexibility index (Phi) is 5.67. The number of benzene rings is 2. The third kappa shape index (κ3) is 4.71. The second-order valence-electron chi connectivity index (χ2n) is 8.65. The van der Waals surface area contributed by atoms with Crippen LogP contribution in [0.2, 0.25) is 0 Å². The van der Waals surface area contributed by atoms with Gasteiger partial charge < -0.3 is 20.5 Å². The lowest BCUT2D eigenvalue weighted by molar-refractivity contribution is -0.139. The van der Waals surface area contributed by atoms with Gasteiger partial charge in [0.1, 0.15) is 12.6 Å². The topological polar surface area (TPSA) is 105 Å². The average molecular weight is 422 g/mol. The van der Waals surface area contributed by atoms with E-state index in [1.54, 1.807) is 0 Å². The monoisotopic (exact) mass is 422 g/mol. The van der Waals surface area contributed by atoms with Gasteiger partial charge in [-0.05, 0) is 40.5 Å². The Morgan fingerprint density at radius 1 is 1.06 bits per heavy atom. The first-order valence-corrected chi connectivity index (χ1v) is 10.5. The van der Waals surface area contributed by atoms with E-state index in [4.69, 9.17) is 9.84 Å². The number of ether oxygens (including phenoxy) is 1. The molecule has 4 rings (SSSR count). The first-order chi connectivity index (χ1) is 14.9. The molecule has 1 atom stereocenters. The van der Waals surface area contributed by atoms with E-state index in [-0.39, 0.29) is 17.9 Å². The van der Waals surface area contributed by atoms with Gasteiger partial charge in [-0.25, -0.2) is 4.79 Å². The maximum atomic E-state index is 12.4. The van der Waals surface area contributed by atoms with Gasteiger partial charge in [0.05, 0.1) is 6.42 Å². The summed E-state index contributed by atoms with van der Waals surface area (Å²) in [5.74, 6) is -1.79. The highest BCUT2D eigenvalue weighted by molar-refractivity contribution is 5.89. The Balaban J connectivity index is 1.39. The van der Waals surface area contributed by atoms with Crippen molar-refractivity contribution in [3.63, 3.8) is 0 Å². The molecule has 2 aliphatic rings. The second kappa shape index (κ2) is 8.41. The van der Waals surface area contributed by atoms with Crippen molar-refractivity contribution < 1.29 is 24.2 Å². The van der Waals surface area contributed by atoms with Crippen LogP contribution in [0.15, 0.2) is 48.5 Å². The lowest BCUT2D eigenvalue weighted by Gasteiger charge is -2.19. The van der Waals surface area contributed by atoms with Gasteiger partial charge in [0.2, 0.25) is 5.91 Å². The predicted octanol–water partition coefficient (Wildman–Crippen LogP) is 3.28. The molecule has 0 aromatic heterocycles. The number of carboxylic acids is 1. The highest BCUT2D eigenvalue weighted by Crippen LogP contribution is 2.45. The molecule has 1 unspecified atom stereocenters. The molecule has 2 amide bonds. The molecule has 0 saturated heterocycles. The first kappa shape index (κ1) is 20.9. The van der Waals surface area contributed by atoms with Crippen molar-refractivity contribution in [2.24, 2.45) is 5.41 Å². The highest BCUT2D eigenvalue weighted by atomic mass is 16.5. The number of rotatable bonds is 8. The zero-order chi connectivity index (χ0) is 22.0. The van der Waals surface area contributed by atoms with E-state index in [2.05, 4.69) is 17.6 Å². The highest BCUT2D eigenvalue weighted by Gasteiger charge is 2.38. The number of carboxylic acid groups (broad SMARTS) is 1. The molecule has 162 valence electrons. The summed E-state index contributed by atoms with van der Waals surface area (Å²) in [6.45, 7) is 2.62. The molecule has 31 heavy (non-hydrogen) atoms. The maximum Gasteiger partial charge on any atom is 0.407 e. The summed E-state index contributed by atoms with van der Waals surface area (Å²) >= 11 is 0. The van der Waals surface area contributed by atoms with E-state index >= 15 is 0 Å². The summed E-state index contributed by atoms with van der Waals surface area (Å²) in [4.78, 5) is 36.0. The zero-order valence-corrected chi connectivity index (χ0v) is 17.4. The fraction of sp³-hybridized carbons (Fsp3) is 0.375. The van der Waals surface area contributed by atoms with Gasteiger partial charge in [0.15, 0.2) is 0 Å². The van der Waals surface area contributed by atoms with Crippen LogP contribution in [-0.4, -0.2) is 42.3 Å². The van der Waals surface area contributed by atoms with E-state index < -0.39 is 30.4 Å². The van der Waals surface area contributed by atoms with Gasteiger partial charge in [0.25, 0.3) is 0 Å². The van der Waals surface area contributed by atoms with Crippen molar-refractivity contribution in [3.05, 3.63) is 59.7 Å². The van der Waals surface area contributed by atoms with E-state index in [1.807, 2.05) is 48.5 Å². The maximum absolute atomic E-state index is 12.4. The molecule has 2 aromatic rings. The number of carbonyl (C=O) groups excluding carboxylic acids is 2. The number of aliphatic carboxylic acids is 1. The Labute approximate surface area is 180 Å². The molecule has 2 aromatic carbocycles. The standard InChI is InChI=1S/C24H26N2O5/c1-24(10-11-24)14-25-22(29)20(12-21(27)28)26-23(30)31-13-19-17-8-4-2-6-15(17)16-7-3-5-9-18(16)19/h2-9,19-20H,10-14H2,1H3,(H,25,29)(H,26,30)(H,27,28). The minimum absolute atomic E-state index is 0.0766. The van der Waals surface area contributed by atoms with Gasteiger partial charge >= 0.3 is 12.1 Å². The zero-order valence-electron chi connectivity index (χ0n) is 17.4. The first-order valence-electron chi connectivity index (χ1n) is 10.5. The molecule has 2 aliphatic carbocycles. The third-order valence-corrected chi connectivity index (χ3v) is 6.12. The van der Waals surface area contributed by atoms with E-state index in [0.717, 1.165) is 35.1 Å². The van der Waals surface area contributed by atoms with E-state index in [1.165, 1.54) is 0 Å².